The van der Waals surface area contributed by atoms with Crippen LogP contribution in [0.4, 0.5) is 11.4 Å². The summed E-state index contributed by atoms with van der Waals surface area (Å²) in [6.45, 7) is 0.0998. The minimum atomic E-state index is -0.111. The van der Waals surface area contributed by atoms with Gasteiger partial charge < -0.3 is 15.0 Å². The number of para-hydroxylation sites is 1. The van der Waals surface area contributed by atoms with Crippen LogP contribution in [0.15, 0.2) is 88.8 Å². The number of hydrogen-bond donors (Lipinski definition) is 3. The second-order valence-electron chi connectivity index (χ2n) is 6.73. The lowest BCUT2D eigenvalue weighted by atomic mass is 10.1. The largest absolute Gasteiger partial charge is 0.351 e. The number of benzene rings is 3. The molecule has 5 nitrogen and oxygen atoms in total. The third-order valence-corrected chi connectivity index (χ3v) is 5.60. The normalized spacial score (nSPS) is 13.4. The molecule has 4 aromatic rings. The Morgan fingerprint density at radius 2 is 1.76 bits per heavy atom. The number of rotatable bonds is 4. The Kier molecular flexibility index (Phi) is 4.54. The van der Waals surface area contributed by atoms with Gasteiger partial charge in [-0.25, -0.2) is 0 Å². The molecule has 1 aliphatic rings. The molecule has 1 aliphatic heterocycles. The number of hydrogen-bond acceptors (Lipinski definition) is 4. The van der Waals surface area contributed by atoms with E-state index in [0.29, 0.717) is 0 Å². The minimum Gasteiger partial charge on any atom is -0.351 e. The SMILES string of the molecule is O=C1CN=C(c2cccc(NSc3ccccc3)c2)c2[nH]c3ccccc3c2N1. The molecule has 29 heavy (non-hydrogen) atoms. The number of aliphatic imine (C=N–C) groups is 1. The molecule has 142 valence electrons. The number of aromatic amines is 1. The summed E-state index contributed by atoms with van der Waals surface area (Å²) in [7, 11) is 0. The quantitative estimate of drug-likeness (QED) is 0.420. The van der Waals surface area contributed by atoms with Crippen LogP contribution in [0.5, 0.6) is 0 Å². The van der Waals surface area contributed by atoms with Crippen molar-refractivity contribution in [2.24, 2.45) is 4.99 Å². The van der Waals surface area contributed by atoms with Crippen molar-refractivity contribution in [1.29, 1.82) is 0 Å². The van der Waals surface area contributed by atoms with Crippen LogP contribution in [-0.4, -0.2) is 23.1 Å². The van der Waals surface area contributed by atoms with Crippen LogP contribution in [0.25, 0.3) is 10.9 Å². The zero-order chi connectivity index (χ0) is 19.6. The maximum Gasteiger partial charge on any atom is 0.246 e. The molecule has 1 amide bonds. The maximum atomic E-state index is 12.2. The third-order valence-electron chi connectivity index (χ3n) is 4.75. The molecule has 5 rings (SSSR count). The van der Waals surface area contributed by atoms with Crippen LogP contribution >= 0.6 is 11.9 Å². The zero-order valence-electron chi connectivity index (χ0n) is 15.5. The van der Waals surface area contributed by atoms with Crippen molar-refractivity contribution in [3.8, 4) is 0 Å². The smallest absolute Gasteiger partial charge is 0.246 e. The van der Waals surface area contributed by atoms with Gasteiger partial charge in [0.05, 0.1) is 17.1 Å². The van der Waals surface area contributed by atoms with E-state index in [0.717, 1.165) is 44.1 Å². The van der Waals surface area contributed by atoms with Gasteiger partial charge >= 0.3 is 0 Å². The van der Waals surface area contributed by atoms with Crippen LogP contribution in [0, 0.1) is 0 Å². The lowest BCUT2D eigenvalue weighted by molar-refractivity contribution is -0.114. The highest BCUT2D eigenvalue weighted by atomic mass is 32.2. The molecule has 3 N–H and O–H groups in total. The van der Waals surface area contributed by atoms with E-state index in [2.05, 4.69) is 38.2 Å². The molecule has 0 fully saturated rings. The van der Waals surface area contributed by atoms with Gasteiger partial charge in [-0.05, 0) is 42.3 Å². The lowest BCUT2D eigenvalue weighted by Gasteiger charge is -2.09. The topological polar surface area (TPSA) is 69.3 Å². The van der Waals surface area contributed by atoms with Gasteiger partial charge in [-0.15, -0.1) is 0 Å². The highest BCUT2D eigenvalue weighted by molar-refractivity contribution is 8.00. The van der Waals surface area contributed by atoms with Gasteiger partial charge in [-0.3, -0.25) is 9.79 Å². The van der Waals surface area contributed by atoms with Gasteiger partial charge in [0.25, 0.3) is 0 Å². The molecule has 6 heteroatoms. The summed E-state index contributed by atoms with van der Waals surface area (Å²) in [5.74, 6) is -0.111. The van der Waals surface area contributed by atoms with Gasteiger partial charge in [-0.2, -0.15) is 0 Å². The number of carbonyl (C=O) groups excluding carboxylic acids is 1. The first-order valence-corrected chi connectivity index (χ1v) is 10.1. The van der Waals surface area contributed by atoms with E-state index < -0.39 is 0 Å². The maximum absolute atomic E-state index is 12.2. The fraction of sp³-hybridized carbons (Fsp3) is 0.0435. The molecule has 0 radical (unpaired) electrons. The van der Waals surface area contributed by atoms with Crippen LogP contribution in [0.1, 0.15) is 11.3 Å². The summed E-state index contributed by atoms with van der Waals surface area (Å²) >= 11 is 1.56. The van der Waals surface area contributed by atoms with E-state index in [9.17, 15) is 4.79 Å². The van der Waals surface area contributed by atoms with Crippen LogP contribution < -0.4 is 10.0 Å². The van der Waals surface area contributed by atoms with Gasteiger partial charge in [0.15, 0.2) is 0 Å². The van der Waals surface area contributed by atoms with Crippen molar-refractivity contribution in [1.82, 2.24) is 4.98 Å². The number of nitrogens with one attached hydrogen (secondary N) is 3. The van der Waals surface area contributed by atoms with Crippen molar-refractivity contribution < 1.29 is 4.79 Å². The molecule has 2 heterocycles. The van der Waals surface area contributed by atoms with E-state index in [4.69, 9.17) is 0 Å². The first kappa shape index (κ1) is 17.6. The highest BCUT2D eigenvalue weighted by Crippen LogP contribution is 2.32. The van der Waals surface area contributed by atoms with E-state index >= 15 is 0 Å². The van der Waals surface area contributed by atoms with Crippen LogP contribution in [-0.2, 0) is 4.79 Å². The molecule has 0 saturated heterocycles. The number of anilines is 2. The predicted molar refractivity (Wildman–Crippen MR) is 120 cm³/mol. The molecule has 0 unspecified atom stereocenters. The average Bonchev–Trinajstić information content (AvgIpc) is 3.03. The van der Waals surface area contributed by atoms with Crippen LogP contribution in [0.2, 0.25) is 0 Å². The standard InChI is InChI=1S/C23H18N4OS/c28-20-14-24-21(23-22(26-20)18-11-4-5-12-19(18)25-23)15-7-6-8-16(13-15)27-29-17-9-2-1-3-10-17/h1-13,25,27H,14H2,(H,26,28). The predicted octanol–water partition coefficient (Wildman–Crippen LogP) is 5.08. The fourth-order valence-electron chi connectivity index (χ4n) is 3.43. The second-order valence-corrected chi connectivity index (χ2v) is 7.61. The van der Waals surface area contributed by atoms with E-state index in [1.807, 2.05) is 60.7 Å². The summed E-state index contributed by atoms with van der Waals surface area (Å²) in [6, 6.07) is 26.2. The number of nitrogens with zero attached hydrogens (tertiary/aromatic N) is 1. The zero-order valence-corrected chi connectivity index (χ0v) is 16.3. The summed E-state index contributed by atoms with van der Waals surface area (Å²) in [4.78, 5) is 21.4. The monoisotopic (exact) mass is 398 g/mol. The Morgan fingerprint density at radius 3 is 2.66 bits per heavy atom. The van der Waals surface area contributed by atoms with E-state index in [-0.39, 0.29) is 12.5 Å². The molecular weight excluding hydrogens is 380 g/mol. The first-order valence-electron chi connectivity index (χ1n) is 9.32. The molecule has 0 spiro atoms. The second kappa shape index (κ2) is 7.48. The van der Waals surface area contributed by atoms with Crippen molar-refractivity contribution in [2.75, 3.05) is 16.6 Å². The van der Waals surface area contributed by atoms with E-state index in [1.54, 1.807) is 11.9 Å². The Hall–Kier alpha value is -3.51. The van der Waals surface area contributed by atoms with Gasteiger partial charge in [0.1, 0.15) is 6.54 Å². The molecule has 0 bridgehead atoms. The molecule has 1 aromatic heterocycles. The molecule has 0 saturated carbocycles. The minimum absolute atomic E-state index is 0.0998. The van der Waals surface area contributed by atoms with Crippen molar-refractivity contribution >= 4 is 45.8 Å². The van der Waals surface area contributed by atoms with Gasteiger partial charge in [-0.1, -0.05) is 48.5 Å². The summed E-state index contributed by atoms with van der Waals surface area (Å²) < 4.78 is 3.38. The number of carbonyl (C=O) groups is 1. The average molecular weight is 398 g/mol. The van der Waals surface area contributed by atoms with E-state index in [1.165, 1.54) is 0 Å². The highest BCUT2D eigenvalue weighted by Gasteiger charge is 2.22. The fourth-order valence-corrected chi connectivity index (χ4v) is 4.09. The lowest BCUT2D eigenvalue weighted by Crippen LogP contribution is -2.13. The Bertz CT molecular complexity index is 1230. The molecule has 0 aliphatic carbocycles. The van der Waals surface area contributed by atoms with Gasteiger partial charge in [0.2, 0.25) is 5.91 Å². The third kappa shape index (κ3) is 3.50. The van der Waals surface area contributed by atoms with Crippen LogP contribution in [0.3, 0.4) is 0 Å². The Labute approximate surface area is 172 Å². The molecular formula is C23H18N4OS. The summed E-state index contributed by atoms with van der Waals surface area (Å²) in [5.41, 5.74) is 5.31. The first-order chi connectivity index (χ1) is 14.3. The number of H-pyrrole nitrogens is 1. The number of aromatic nitrogens is 1. The summed E-state index contributed by atoms with van der Waals surface area (Å²) in [5, 5.41) is 3.99. The van der Waals surface area contributed by atoms with Crippen molar-refractivity contribution in [3.63, 3.8) is 0 Å². The summed E-state index contributed by atoms with van der Waals surface area (Å²) in [6.07, 6.45) is 0. The Morgan fingerprint density at radius 1 is 0.931 bits per heavy atom. The Balaban J connectivity index is 1.51. The van der Waals surface area contributed by atoms with Crippen molar-refractivity contribution in [3.05, 3.63) is 90.1 Å². The molecule has 3 aromatic carbocycles. The number of amides is 1. The van der Waals surface area contributed by atoms with Gasteiger partial charge in [0, 0.05) is 27.0 Å². The molecule has 0 atom stereocenters. The van der Waals surface area contributed by atoms with Crippen molar-refractivity contribution in [2.45, 2.75) is 4.90 Å². The number of fused-ring (bicyclic) bond motifs is 3.